The van der Waals surface area contributed by atoms with E-state index in [1.807, 2.05) is 0 Å². The number of nitrogens with zero attached hydrogens (tertiary/aromatic N) is 1. The van der Waals surface area contributed by atoms with Gasteiger partial charge in [-0.3, -0.25) is 0 Å². The van der Waals surface area contributed by atoms with E-state index >= 15 is 0 Å². The van der Waals surface area contributed by atoms with E-state index in [9.17, 15) is 0 Å². The van der Waals surface area contributed by atoms with E-state index < -0.39 is 5.54 Å². The van der Waals surface area contributed by atoms with Crippen LogP contribution in [0.15, 0.2) is 24.3 Å². The van der Waals surface area contributed by atoms with Crippen molar-refractivity contribution in [2.24, 2.45) is 5.73 Å². The highest BCUT2D eigenvalue weighted by Crippen LogP contribution is 2.22. The van der Waals surface area contributed by atoms with Crippen LogP contribution in [0.2, 0.25) is 0 Å². The quantitative estimate of drug-likeness (QED) is 0.867. The number of benzene rings is 1. The minimum atomic E-state index is -0.720. The van der Waals surface area contributed by atoms with Gasteiger partial charge in [-0.1, -0.05) is 45.0 Å². The Labute approximate surface area is 104 Å². The van der Waals surface area contributed by atoms with E-state index in [0.29, 0.717) is 6.42 Å². The summed E-state index contributed by atoms with van der Waals surface area (Å²) in [4.78, 5) is 0. The van der Waals surface area contributed by atoms with Gasteiger partial charge >= 0.3 is 0 Å². The van der Waals surface area contributed by atoms with Gasteiger partial charge in [-0.2, -0.15) is 5.26 Å². The molecule has 0 aromatic heterocycles. The highest BCUT2D eigenvalue weighted by molar-refractivity contribution is 5.27. The predicted molar refractivity (Wildman–Crippen MR) is 71.7 cm³/mol. The Bertz CT molecular complexity index is 402. The number of aryl methyl sites for hydroxylation is 1. The maximum absolute atomic E-state index is 8.85. The Morgan fingerprint density at radius 2 is 1.65 bits per heavy atom. The smallest absolute Gasteiger partial charge is 0.101 e. The van der Waals surface area contributed by atoms with E-state index in [4.69, 9.17) is 11.0 Å². The van der Waals surface area contributed by atoms with E-state index in [1.165, 1.54) is 11.1 Å². The summed E-state index contributed by atoms with van der Waals surface area (Å²) in [6, 6.07) is 10.7. The lowest BCUT2D eigenvalue weighted by atomic mass is 9.86. The molecule has 17 heavy (non-hydrogen) atoms. The summed E-state index contributed by atoms with van der Waals surface area (Å²) in [6.07, 6.45) is 1.54. The van der Waals surface area contributed by atoms with E-state index in [1.54, 1.807) is 6.92 Å². The summed E-state index contributed by atoms with van der Waals surface area (Å²) < 4.78 is 0. The molecule has 0 radical (unpaired) electrons. The van der Waals surface area contributed by atoms with Gasteiger partial charge in [0, 0.05) is 0 Å². The van der Waals surface area contributed by atoms with Gasteiger partial charge in [-0.15, -0.1) is 0 Å². The molecule has 1 atom stereocenters. The van der Waals surface area contributed by atoms with Crippen LogP contribution in [0.1, 0.15) is 45.2 Å². The minimum Gasteiger partial charge on any atom is -0.314 e. The minimum absolute atomic E-state index is 0.188. The molecule has 2 N–H and O–H groups in total. The molecule has 0 saturated carbocycles. The van der Waals surface area contributed by atoms with Crippen molar-refractivity contribution in [3.63, 3.8) is 0 Å². The van der Waals surface area contributed by atoms with Gasteiger partial charge in [-0.25, -0.2) is 0 Å². The number of hydrogen-bond donors (Lipinski definition) is 1. The lowest BCUT2D eigenvalue weighted by Crippen LogP contribution is -2.34. The first-order valence-electron chi connectivity index (χ1n) is 6.04. The molecule has 1 unspecified atom stereocenters. The summed E-state index contributed by atoms with van der Waals surface area (Å²) in [5, 5.41) is 8.85. The first-order chi connectivity index (χ1) is 7.74. The zero-order chi connectivity index (χ0) is 13.1. The van der Waals surface area contributed by atoms with Crippen LogP contribution < -0.4 is 5.73 Å². The molecule has 0 aliphatic heterocycles. The van der Waals surface area contributed by atoms with Gasteiger partial charge in [0.2, 0.25) is 0 Å². The van der Waals surface area contributed by atoms with Crippen LogP contribution in [0, 0.1) is 11.3 Å². The summed E-state index contributed by atoms with van der Waals surface area (Å²) in [6.45, 7) is 8.38. The Kier molecular flexibility index (Phi) is 3.95. The SMILES string of the molecule is CC(N)(C#N)CCc1ccc(C(C)(C)C)cc1. The summed E-state index contributed by atoms with van der Waals surface area (Å²) in [7, 11) is 0. The molecule has 0 heterocycles. The average Bonchev–Trinajstić information content (AvgIpc) is 2.26. The molecular formula is C15H22N2. The van der Waals surface area contributed by atoms with Crippen molar-refractivity contribution < 1.29 is 0 Å². The third-order valence-electron chi connectivity index (χ3n) is 3.01. The van der Waals surface area contributed by atoms with Crippen molar-refractivity contribution in [2.75, 3.05) is 0 Å². The molecule has 0 amide bonds. The molecular weight excluding hydrogens is 208 g/mol. The zero-order valence-corrected chi connectivity index (χ0v) is 11.2. The Morgan fingerprint density at radius 3 is 2.06 bits per heavy atom. The average molecular weight is 230 g/mol. The molecule has 2 heteroatoms. The largest absolute Gasteiger partial charge is 0.314 e. The second kappa shape index (κ2) is 4.89. The van der Waals surface area contributed by atoms with Crippen LogP contribution in [0.4, 0.5) is 0 Å². The first kappa shape index (κ1) is 13.7. The zero-order valence-electron chi connectivity index (χ0n) is 11.2. The topological polar surface area (TPSA) is 49.8 Å². The summed E-state index contributed by atoms with van der Waals surface area (Å²) in [5.41, 5.74) is 7.84. The van der Waals surface area contributed by atoms with E-state index in [0.717, 1.165) is 6.42 Å². The fourth-order valence-corrected chi connectivity index (χ4v) is 1.63. The van der Waals surface area contributed by atoms with Crippen LogP contribution in [0.3, 0.4) is 0 Å². The second-order valence-corrected chi connectivity index (χ2v) is 5.98. The molecule has 0 aliphatic carbocycles. The van der Waals surface area contributed by atoms with Gasteiger partial charge in [0.1, 0.15) is 5.54 Å². The fourth-order valence-electron chi connectivity index (χ4n) is 1.63. The Hall–Kier alpha value is -1.33. The van der Waals surface area contributed by atoms with Crippen molar-refractivity contribution in [3.05, 3.63) is 35.4 Å². The maximum atomic E-state index is 8.85. The van der Waals surface area contributed by atoms with Crippen molar-refractivity contribution in [1.82, 2.24) is 0 Å². The monoisotopic (exact) mass is 230 g/mol. The number of nitrogens with two attached hydrogens (primary N) is 1. The van der Waals surface area contributed by atoms with Gasteiger partial charge in [0.05, 0.1) is 6.07 Å². The molecule has 1 aromatic rings. The molecule has 1 rings (SSSR count). The molecule has 92 valence electrons. The van der Waals surface area contributed by atoms with E-state index in [2.05, 4.69) is 51.1 Å². The summed E-state index contributed by atoms with van der Waals surface area (Å²) >= 11 is 0. The standard InChI is InChI=1S/C15H22N2/c1-14(2,3)13-7-5-12(6-8-13)9-10-15(4,17)11-16/h5-8H,9-10,17H2,1-4H3. The highest BCUT2D eigenvalue weighted by atomic mass is 14.7. The highest BCUT2D eigenvalue weighted by Gasteiger charge is 2.17. The number of hydrogen-bond acceptors (Lipinski definition) is 2. The van der Waals surface area contributed by atoms with Crippen LogP contribution in [0.25, 0.3) is 0 Å². The van der Waals surface area contributed by atoms with Crippen molar-refractivity contribution in [2.45, 2.75) is 51.5 Å². The molecule has 0 bridgehead atoms. The van der Waals surface area contributed by atoms with Crippen LogP contribution >= 0.6 is 0 Å². The van der Waals surface area contributed by atoms with Crippen LogP contribution in [-0.4, -0.2) is 5.54 Å². The third-order valence-corrected chi connectivity index (χ3v) is 3.01. The van der Waals surface area contributed by atoms with Crippen LogP contribution in [-0.2, 0) is 11.8 Å². The molecule has 0 fully saturated rings. The van der Waals surface area contributed by atoms with Gasteiger partial charge in [0.15, 0.2) is 0 Å². The normalized spacial score (nSPS) is 15.1. The third kappa shape index (κ3) is 4.20. The molecule has 0 aliphatic rings. The van der Waals surface area contributed by atoms with Crippen molar-refractivity contribution in [3.8, 4) is 6.07 Å². The van der Waals surface area contributed by atoms with Gasteiger partial charge in [-0.05, 0) is 36.3 Å². The fraction of sp³-hybridized carbons (Fsp3) is 0.533. The Balaban J connectivity index is 2.68. The maximum Gasteiger partial charge on any atom is 0.101 e. The second-order valence-electron chi connectivity index (χ2n) is 5.98. The lowest BCUT2D eigenvalue weighted by Gasteiger charge is -2.19. The van der Waals surface area contributed by atoms with Crippen LogP contribution in [0.5, 0.6) is 0 Å². The summed E-state index contributed by atoms with van der Waals surface area (Å²) in [5.74, 6) is 0. The van der Waals surface area contributed by atoms with Crippen molar-refractivity contribution >= 4 is 0 Å². The predicted octanol–water partition coefficient (Wildman–Crippen LogP) is 3.16. The Morgan fingerprint density at radius 1 is 1.12 bits per heavy atom. The van der Waals surface area contributed by atoms with Crippen molar-refractivity contribution in [1.29, 1.82) is 5.26 Å². The first-order valence-corrected chi connectivity index (χ1v) is 6.04. The van der Waals surface area contributed by atoms with Gasteiger partial charge < -0.3 is 5.73 Å². The number of rotatable bonds is 3. The van der Waals surface area contributed by atoms with Gasteiger partial charge in [0.25, 0.3) is 0 Å². The molecule has 2 nitrogen and oxygen atoms in total. The molecule has 0 spiro atoms. The molecule has 0 saturated heterocycles. The lowest BCUT2D eigenvalue weighted by molar-refractivity contribution is 0.546. The van der Waals surface area contributed by atoms with E-state index in [-0.39, 0.29) is 5.41 Å². The number of nitriles is 1. The molecule has 1 aromatic carbocycles.